The summed E-state index contributed by atoms with van der Waals surface area (Å²) in [6, 6.07) is 9.85. The van der Waals surface area contributed by atoms with Crippen LogP contribution < -0.4 is 5.32 Å². The van der Waals surface area contributed by atoms with Gasteiger partial charge in [-0.05, 0) is 43.7 Å². The van der Waals surface area contributed by atoms with Gasteiger partial charge in [-0.1, -0.05) is 23.9 Å². The van der Waals surface area contributed by atoms with Crippen molar-refractivity contribution in [1.82, 2.24) is 15.2 Å². The highest BCUT2D eigenvalue weighted by atomic mass is 32.2. The van der Waals surface area contributed by atoms with Gasteiger partial charge in [0.1, 0.15) is 15.7 Å². The molecule has 1 N–H and O–H groups in total. The van der Waals surface area contributed by atoms with Crippen LogP contribution in [0.1, 0.15) is 25.9 Å². The van der Waals surface area contributed by atoms with Gasteiger partial charge in [-0.15, -0.1) is 21.5 Å². The maximum Gasteiger partial charge on any atom is 0.268 e. The van der Waals surface area contributed by atoms with Gasteiger partial charge < -0.3 is 5.32 Å². The molecule has 3 aromatic rings. The van der Waals surface area contributed by atoms with Crippen LogP contribution in [0.4, 0.5) is 10.2 Å². The number of hydrogen-bond acceptors (Lipinski definition) is 6. The average Bonchev–Trinajstić information content (AvgIpc) is 2.94. The molecule has 1 amide bonds. The third-order valence-electron chi connectivity index (χ3n) is 3.29. The van der Waals surface area contributed by atoms with Crippen molar-refractivity contribution in [3.8, 4) is 0 Å². The third-order valence-corrected chi connectivity index (χ3v) is 5.35. The number of carbonyl (C=O) groups is 1. The normalized spacial score (nSPS) is 10.7. The summed E-state index contributed by atoms with van der Waals surface area (Å²) < 4.78 is 12.9. The first-order valence-electron chi connectivity index (χ1n) is 7.47. The predicted molar refractivity (Wildman–Crippen MR) is 97.5 cm³/mol. The molecule has 0 bridgehead atoms. The monoisotopic (exact) mass is 374 g/mol. The molecule has 5 nitrogen and oxygen atoms in total. The predicted octanol–water partition coefficient (Wildman–Crippen LogP) is 4.23. The summed E-state index contributed by atoms with van der Waals surface area (Å²) in [5, 5.41) is 12.4. The summed E-state index contributed by atoms with van der Waals surface area (Å²) in [5.74, 6) is 0.575. The number of aromatic nitrogens is 3. The number of hydrogen-bond donors (Lipinski definition) is 1. The molecule has 1 aromatic carbocycles. The summed E-state index contributed by atoms with van der Waals surface area (Å²) >= 11 is 2.84. The first kappa shape index (κ1) is 17.5. The standard InChI is InChI=1S/C17H15FN4OS2/c1-10-16(25-11(2)19-10)17(23)20-14-7-8-15(22-21-14)24-9-12-3-5-13(18)6-4-12/h3-8H,9H2,1-2H3,(H,20,21,23). The van der Waals surface area contributed by atoms with E-state index >= 15 is 0 Å². The number of thioether (sulfide) groups is 1. The number of rotatable bonds is 5. The quantitative estimate of drug-likeness (QED) is 0.677. The minimum Gasteiger partial charge on any atom is -0.304 e. The molecule has 0 aliphatic heterocycles. The number of nitrogens with zero attached hydrogens (tertiary/aromatic N) is 3. The van der Waals surface area contributed by atoms with Crippen molar-refractivity contribution in [3.05, 3.63) is 63.4 Å². The Balaban J connectivity index is 1.59. The largest absolute Gasteiger partial charge is 0.304 e. The van der Waals surface area contributed by atoms with Crippen LogP contribution >= 0.6 is 23.1 Å². The minimum atomic E-state index is -0.250. The van der Waals surface area contributed by atoms with E-state index in [1.54, 1.807) is 31.2 Å². The molecular formula is C17H15FN4OS2. The molecule has 2 aromatic heterocycles. The minimum absolute atomic E-state index is 0.232. The summed E-state index contributed by atoms with van der Waals surface area (Å²) in [6.07, 6.45) is 0. The molecule has 0 fully saturated rings. The highest BCUT2D eigenvalue weighted by Gasteiger charge is 2.14. The molecule has 0 saturated carbocycles. The maximum atomic E-state index is 12.9. The average molecular weight is 374 g/mol. The summed E-state index contributed by atoms with van der Waals surface area (Å²) in [7, 11) is 0. The first-order valence-corrected chi connectivity index (χ1v) is 9.28. The number of amides is 1. The Morgan fingerprint density at radius 1 is 1.16 bits per heavy atom. The highest BCUT2D eigenvalue weighted by molar-refractivity contribution is 7.98. The van der Waals surface area contributed by atoms with E-state index in [4.69, 9.17) is 0 Å². The number of aryl methyl sites for hydroxylation is 2. The zero-order chi connectivity index (χ0) is 17.8. The molecule has 0 saturated heterocycles. The highest BCUT2D eigenvalue weighted by Crippen LogP contribution is 2.22. The van der Waals surface area contributed by atoms with Crippen LogP contribution in [0.25, 0.3) is 0 Å². The van der Waals surface area contributed by atoms with Gasteiger partial charge in [0.05, 0.1) is 10.7 Å². The maximum absolute atomic E-state index is 12.9. The molecule has 0 aliphatic carbocycles. The van der Waals surface area contributed by atoms with Crippen LogP contribution in [0.5, 0.6) is 0 Å². The van der Waals surface area contributed by atoms with Crippen LogP contribution in [-0.2, 0) is 5.75 Å². The number of carbonyl (C=O) groups excluding carboxylic acids is 1. The van der Waals surface area contributed by atoms with Gasteiger partial charge in [0, 0.05) is 5.75 Å². The number of thiazole rings is 1. The van der Waals surface area contributed by atoms with Crippen LogP contribution in [0.15, 0.2) is 41.4 Å². The Bertz CT molecular complexity index is 879. The van der Waals surface area contributed by atoms with Gasteiger partial charge in [0.25, 0.3) is 5.91 Å². The second-order valence-corrected chi connectivity index (χ2v) is 7.47. The molecule has 8 heteroatoms. The van der Waals surface area contributed by atoms with Crippen molar-refractivity contribution in [3.63, 3.8) is 0 Å². The molecule has 128 valence electrons. The number of anilines is 1. The van der Waals surface area contributed by atoms with E-state index in [0.29, 0.717) is 22.1 Å². The van der Waals surface area contributed by atoms with E-state index in [-0.39, 0.29) is 11.7 Å². The Morgan fingerprint density at radius 3 is 2.52 bits per heavy atom. The topological polar surface area (TPSA) is 67.8 Å². The van der Waals surface area contributed by atoms with Gasteiger partial charge >= 0.3 is 0 Å². The van der Waals surface area contributed by atoms with Gasteiger partial charge in [0.15, 0.2) is 5.82 Å². The fourth-order valence-corrected chi connectivity index (χ4v) is 3.70. The third kappa shape index (κ3) is 4.61. The van der Waals surface area contributed by atoms with E-state index in [9.17, 15) is 9.18 Å². The molecule has 2 heterocycles. The SMILES string of the molecule is Cc1nc(C)c(C(=O)Nc2ccc(SCc3ccc(F)cc3)nn2)s1. The van der Waals surface area contributed by atoms with Gasteiger partial charge in [0.2, 0.25) is 0 Å². The van der Waals surface area contributed by atoms with E-state index in [0.717, 1.165) is 15.6 Å². The molecule has 0 unspecified atom stereocenters. The molecule has 0 radical (unpaired) electrons. The van der Waals surface area contributed by atoms with E-state index in [1.807, 2.05) is 6.92 Å². The van der Waals surface area contributed by atoms with Crippen molar-refractivity contribution in [2.75, 3.05) is 5.32 Å². The molecule has 3 rings (SSSR count). The number of nitrogens with one attached hydrogen (secondary N) is 1. The fourth-order valence-electron chi connectivity index (χ4n) is 2.12. The smallest absolute Gasteiger partial charge is 0.268 e. The summed E-state index contributed by atoms with van der Waals surface area (Å²) in [6.45, 7) is 3.67. The second-order valence-electron chi connectivity index (χ2n) is 5.27. The molecule has 0 spiro atoms. The van der Waals surface area contributed by atoms with E-state index < -0.39 is 0 Å². The Kier molecular flexibility index (Phi) is 5.40. The van der Waals surface area contributed by atoms with Crippen molar-refractivity contribution < 1.29 is 9.18 Å². The zero-order valence-electron chi connectivity index (χ0n) is 13.6. The molecule has 25 heavy (non-hydrogen) atoms. The molecular weight excluding hydrogens is 359 g/mol. The summed E-state index contributed by atoms with van der Waals surface area (Å²) in [4.78, 5) is 17.0. The van der Waals surface area contributed by atoms with Crippen LogP contribution in [0.2, 0.25) is 0 Å². The van der Waals surface area contributed by atoms with Gasteiger partial charge in [-0.3, -0.25) is 4.79 Å². The van der Waals surface area contributed by atoms with E-state index in [1.165, 1.54) is 35.2 Å². The van der Waals surface area contributed by atoms with Crippen LogP contribution in [-0.4, -0.2) is 21.1 Å². The molecule has 0 atom stereocenters. The van der Waals surface area contributed by atoms with Crippen LogP contribution in [0, 0.1) is 19.7 Å². The van der Waals surface area contributed by atoms with Crippen molar-refractivity contribution in [1.29, 1.82) is 0 Å². The zero-order valence-corrected chi connectivity index (χ0v) is 15.2. The lowest BCUT2D eigenvalue weighted by Crippen LogP contribution is -2.13. The van der Waals surface area contributed by atoms with Crippen molar-refractivity contribution in [2.24, 2.45) is 0 Å². The second kappa shape index (κ2) is 7.71. The lowest BCUT2D eigenvalue weighted by Gasteiger charge is -2.04. The van der Waals surface area contributed by atoms with Crippen molar-refractivity contribution >= 4 is 34.8 Å². The van der Waals surface area contributed by atoms with Crippen LogP contribution in [0.3, 0.4) is 0 Å². The Labute approximate surface area is 152 Å². The number of halogens is 1. The fraction of sp³-hybridized carbons (Fsp3) is 0.176. The number of benzene rings is 1. The Morgan fingerprint density at radius 2 is 1.92 bits per heavy atom. The first-order chi connectivity index (χ1) is 12.0. The summed E-state index contributed by atoms with van der Waals surface area (Å²) in [5.41, 5.74) is 1.71. The Hall–Kier alpha value is -2.32. The van der Waals surface area contributed by atoms with Gasteiger partial charge in [-0.2, -0.15) is 0 Å². The van der Waals surface area contributed by atoms with Gasteiger partial charge in [-0.25, -0.2) is 9.37 Å². The lowest BCUT2D eigenvalue weighted by molar-refractivity contribution is 0.102. The van der Waals surface area contributed by atoms with Crippen molar-refractivity contribution in [2.45, 2.75) is 24.6 Å². The lowest BCUT2D eigenvalue weighted by atomic mass is 10.2. The molecule has 0 aliphatic rings. The van der Waals surface area contributed by atoms with E-state index in [2.05, 4.69) is 20.5 Å².